The van der Waals surface area contributed by atoms with Gasteiger partial charge in [0.05, 0.1) is 4.58 Å². The average molecular weight is 339 g/mol. The second-order valence-corrected chi connectivity index (χ2v) is 7.78. The molecule has 0 spiro atoms. The van der Waals surface area contributed by atoms with Crippen LogP contribution in [0.15, 0.2) is 29.8 Å². The van der Waals surface area contributed by atoms with Crippen molar-refractivity contribution < 1.29 is 9.53 Å². The molecule has 1 aromatic heterocycles. The molecule has 8 heteroatoms. The van der Waals surface area contributed by atoms with E-state index >= 15 is 0 Å². The number of thioether (sulfide) groups is 2. The van der Waals surface area contributed by atoms with E-state index in [-0.39, 0.29) is 12.5 Å². The van der Waals surface area contributed by atoms with Crippen LogP contribution in [0.4, 0.5) is 5.13 Å². The van der Waals surface area contributed by atoms with Crippen LogP contribution in [0.2, 0.25) is 0 Å². The van der Waals surface area contributed by atoms with Crippen molar-refractivity contribution in [2.75, 3.05) is 23.4 Å². The van der Waals surface area contributed by atoms with Gasteiger partial charge in [-0.3, -0.25) is 10.1 Å². The van der Waals surface area contributed by atoms with E-state index in [9.17, 15) is 4.79 Å². The Morgan fingerprint density at radius 3 is 2.71 bits per heavy atom. The standard InChI is InChI=1S/C13H13N3O2S3/c17-11(15-13-16-14-8-21-13)7-18-10-3-1-9(2-4-10)12-19-5-6-20-12/h1-4,8,12H,5-7H2,(H,15,16,17). The van der Waals surface area contributed by atoms with Gasteiger partial charge in [-0.05, 0) is 17.7 Å². The number of carbonyl (C=O) groups is 1. The molecule has 2 aromatic rings. The summed E-state index contributed by atoms with van der Waals surface area (Å²) in [7, 11) is 0. The minimum Gasteiger partial charge on any atom is -0.484 e. The number of aromatic nitrogens is 2. The highest BCUT2D eigenvalue weighted by atomic mass is 32.2. The van der Waals surface area contributed by atoms with Crippen LogP contribution in [0.3, 0.4) is 0 Å². The van der Waals surface area contributed by atoms with Gasteiger partial charge in [0, 0.05) is 11.5 Å². The van der Waals surface area contributed by atoms with Gasteiger partial charge in [-0.25, -0.2) is 0 Å². The van der Waals surface area contributed by atoms with Crippen molar-refractivity contribution in [3.63, 3.8) is 0 Å². The summed E-state index contributed by atoms with van der Waals surface area (Å²) in [4.78, 5) is 11.7. The molecule has 1 aromatic carbocycles. The quantitative estimate of drug-likeness (QED) is 0.903. The summed E-state index contributed by atoms with van der Waals surface area (Å²) in [5.41, 5.74) is 2.86. The fourth-order valence-corrected chi connectivity index (χ4v) is 5.12. The van der Waals surface area contributed by atoms with Gasteiger partial charge < -0.3 is 4.74 Å². The number of rotatable bonds is 5. The molecule has 1 fully saturated rings. The van der Waals surface area contributed by atoms with E-state index in [0.717, 1.165) is 0 Å². The molecule has 21 heavy (non-hydrogen) atoms. The summed E-state index contributed by atoms with van der Waals surface area (Å²) in [5, 5.41) is 10.5. The first-order valence-electron chi connectivity index (χ1n) is 6.33. The second kappa shape index (κ2) is 7.15. The number of ether oxygens (including phenoxy) is 1. The van der Waals surface area contributed by atoms with Crippen molar-refractivity contribution in [3.05, 3.63) is 35.3 Å². The maximum absolute atomic E-state index is 11.7. The van der Waals surface area contributed by atoms with Crippen LogP contribution in [-0.4, -0.2) is 34.2 Å². The van der Waals surface area contributed by atoms with E-state index in [2.05, 4.69) is 27.6 Å². The van der Waals surface area contributed by atoms with Crippen LogP contribution in [0.25, 0.3) is 0 Å². The molecule has 0 radical (unpaired) electrons. The van der Waals surface area contributed by atoms with Gasteiger partial charge in [0.1, 0.15) is 11.3 Å². The van der Waals surface area contributed by atoms with Gasteiger partial charge in [0.25, 0.3) is 5.91 Å². The normalized spacial score (nSPS) is 15.0. The number of carbonyl (C=O) groups excluding carboxylic acids is 1. The average Bonchev–Trinajstić information content (AvgIpc) is 3.19. The first-order valence-corrected chi connectivity index (χ1v) is 9.31. The van der Waals surface area contributed by atoms with Gasteiger partial charge in [0.15, 0.2) is 6.61 Å². The SMILES string of the molecule is O=C(COc1ccc(C2SCCS2)cc1)Nc1nncs1. The van der Waals surface area contributed by atoms with Crippen LogP contribution < -0.4 is 10.1 Å². The summed E-state index contributed by atoms with van der Waals surface area (Å²) >= 11 is 5.21. The van der Waals surface area contributed by atoms with E-state index in [1.165, 1.54) is 28.4 Å². The molecule has 1 N–H and O–H groups in total. The van der Waals surface area contributed by atoms with Crippen LogP contribution >= 0.6 is 34.9 Å². The van der Waals surface area contributed by atoms with Crippen molar-refractivity contribution in [3.8, 4) is 5.75 Å². The molecule has 0 saturated carbocycles. The molecule has 0 bridgehead atoms. The third-order valence-corrected chi connectivity index (χ3v) is 6.46. The molecular weight excluding hydrogens is 326 g/mol. The number of amides is 1. The van der Waals surface area contributed by atoms with E-state index in [4.69, 9.17) is 4.74 Å². The first-order chi connectivity index (χ1) is 10.3. The summed E-state index contributed by atoms with van der Waals surface area (Å²) in [6.07, 6.45) is 0. The van der Waals surface area contributed by atoms with E-state index in [1.54, 1.807) is 5.51 Å². The number of nitrogens with zero attached hydrogens (tertiary/aromatic N) is 2. The Labute approximate surface area is 134 Å². The zero-order chi connectivity index (χ0) is 14.5. The minimum atomic E-state index is -0.238. The van der Waals surface area contributed by atoms with Gasteiger partial charge in [-0.1, -0.05) is 23.5 Å². The van der Waals surface area contributed by atoms with Gasteiger partial charge in [-0.2, -0.15) is 0 Å². The topological polar surface area (TPSA) is 64.1 Å². The predicted molar refractivity (Wildman–Crippen MR) is 88.1 cm³/mol. The highest BCUT2D eigenvalue weighted by molar-refractivity contribution is 8.19. The molecule has 0 unspecified atom stereocenters. The molecule has 1 amide bonds. The molecule has 1 saturated heterocycles. The van der Waals surface area contributed by atoms with Crippen LogP contribution in [0.5, 0.6) is 5.75 Å². The molecule has 110 valence electrons. The zero-order valence-electron chi connectivity index (χ0n) is 11.0. The maximum atomic E-state index is 11.7. The summed E-state index contributed by atoms with van der Waals surface area (Å²) in [6, 6.07) is 7.95. The third kappa shape index (κ3) is 4.12. The lowest BCUT2D eigenvalue weighted by Gasteiger charge is -2.10. The number of hydrogen-bond acceptors (Lipinski definition) is 7. The van der Waals surface area contributed by atoms with Crippen LogP contribution in [0.1, 0.15) is 10.1 Å². The summed E-state index contributed by atoms with van der Waals surface area (Å²) in [5.74, 6) is 2.87. The second-order valence-electron chi connectivity index (χ2n) is 4.22. The van der Waals surface area contributed by atoms with Crippen molar-refractivity contribution in [2.24, 2.45) is 0 Å². The van der Waals surface area contributed by atoms with Crippen molar-refractivity contribution in [1.29, 1.82) is 0 Å². The molecule has 0 aliphatic carbocycles. The highest BCUT2D eigenvalue weighted by Gasteiger charge is 2.18. The van der Waals surface area contributed by atoms with Crippen molar-refractivity contribution in [1.82, 2.24) is 10.2 Å². The number of nitrogens with one attached hydrogen (secondary N) is 1. The fourth-order valence-electron chi connectivity index (χ4n) is 1.80. The predicted octanol–water partition coefficient (Wildman–Crippen LogP) is 3.03. The highest BCUT2D eigenvalue weighted by Crippen LogP contribution is 2.45. The Kier molecular flexibility index (Phi) is 5.00. The van der Waals surface area contributed by atoms with Gasteiger partial charge >= 0.3 is 0 Å². The van der Waals surface area contributed by atoms with E-state index < -0.39 is 0 Å². The molecule has 0 atom stereocenters. The molecular formula is C13H13N3O2S3. The Balaban J connectivity index is 1.49. The molecule has 3 rings (SSSR count). The van der Waals surface area contributed by atoms with Crippen molar-refractivity contribution in [2.45, 2.75) is 4.58 Å². The molecule has 1 aliphatic heterocycles. The third-order valence-electron chi connectivity index (χ3n) is 2.75. The smallest absolute Gasteiger partial charge is 0.264 e. The summed E-state index contributed by atoms with van der Waals surface area (Å²) < 4.78 is 5.99. The molecule has 2 heterocycles. The van der Waals surface area contributed by atoms with E-state index in [1.807, 2.05) is 35.7 Å². The number of anilines is 1. The fraction of sp³-hybridized carbons (Fsp3) is 0.308. The zero-order valence-corrected chi connectivity index (χ0v) is 13.5. The first kappa shape index (κ1) is 14.7. The summed E-state index contributed by atoms with van der Waals surface area (Å²) in [6.45, 7) is -0.0359. The Morgan fingerprint density at radius 1 is 1.29 bits per heavy atom. The van der Waals surface area contributed by atoms with E-state index in [0.29, 0.717) is 15.5 Å². The van der Waals surface area contributed by atoms with Gasteiger partial charge in [0.2, 0.25) is 5.13 Å². The minimum absolute atomic E-state index is 0.0359. The van der Waals surface area contributed by atoms with Gasteiger partial charge in [-0.15, -0.1) is 33.7 Å². The number of hydrogen-bond donors (Lipinski definition) is 1. The lowest BCUT2D eigenvalue weighted by molar-refractivity contribution is -0.118. The Hall–Kier alpha value is -1.25. The monoisotopic (exact) mass is 339 g/mol. The van der Waals surface area contributed by atoms with Crippen molar-refractivity contribution >= 4 is 45.9 Å². The lowest BCUT2D eigenvalue weighted by Crippen LogP contribution is -2.20. The Morgan fingerprint density at radius 2 is 2.05 bits per heavy atom. The molecule has 5 nitrogen and oxygen atoms in total. The lowest BCUT2D eigenvalue weighted by atomic mass is 10.2. The molecule has 1 aliphatic rings. The Bertz CT molecular complexity index is 583. The maximum Gasteiger partial charge on any atom is 0.264 e. The van der Waals surface area contributed by atoms with Crippen LogP contribution in [-0.2, 0) is 4.79 Å². The largest absolute Gasteiger partial charge is 0.484 e. The number of benzene rings is 1. The van der Waals surface area contributed by atoms with Crippen LogP contribution in [0, 0.1) is 0 Å².